The van der Waals surface area contributed by atoms with E-state index in [-0.39, 0.29) is 28.6 Å². The fraction of sp³-hybridized carbons (Fsp3) is 0.345. The van der Waals surface area contributed by atoms with E-state index in [4.69, 9.17) is 28.4 Å². The first-order chi connectivity index (χ1) is 18.7. The van der Waals surface area contributed by atoms with Crippen LogP contribution in [0.2, 0.25) is 0 Å². The number of benzene rings is 3. The topological polar surface area (TPSA) is 133 Å². The van der Waals surface area contributed by atoms with Crippen LogP contribution in [-0.4, -0.2) is 62.9 Å². The monoisotopic (exact) mass is 538 g/mol. The maximum Gasteiger partial charge on any atom is 0.312 e. The van der Waals surface area contributed by atoms with E-state index in [1.165, 1.54) is 41.6 Å². The molecule has 5 rings (SSSR count). The summed E-state index contributed by atoms with van der Waals surface area (Å²) in [6.07, 6.45) is -1.71. The number of hydrogen-bond acceptors (Lipinski definition) is 10. The smallest absolute Gasteiger partial charge is 0.312 e. The largest absolute Gasteiger partial charge is 0.504 e. The van der Waals surface area contributed by atoms with Crippen molar-refractivity contribution < 1.29 is 48.5 Å². The summed E-state index contributed by atoms with van der Waals surface area (Å²) in [7, 11) is 7.04. The summed E-state index contributed by atoms with van der Waals surface area (Å²) in [5.74, 6) is -1.69. The lowest BCUT2D eigenvalue weighted by molar-refractivity contribution is -0.161. The van der Waals surface area contributed by atoms with Gasteiger partial charge in [0.05, 0.1) is 47.0 Å². The number of phenols is 1. The molecule has 206 valence electrons. The van der Waals surface area contributed by atoms with E-state index >= 15 is 0 Å². The fourth-order valence-electron chi connectivity index (χ4n) is 6.13. The normalized spacial score (nSPS) is 26.7. The first-order valence-electron chi connectivity index (χ1n) is 12.2. The molecule has 1 fully saturated rings. The van der Waals surface area contributed by atoms with Crippen LogP contribution in [0, 0.1) is 5.92 Å². The van der Waals surface area contributed by atoms with E-state index in [1.54, 1.807) is 48.5 Å². The predicted molar refractivity (Wildman–Crippen MR) is 138 cm³/mol. The third-order valence-electron chi connectivity index (χ3n) is 7.83. The number of phenolic OH excluding ortho intramolecular Hbond substituents is 1. The van der Waals surface area contributed by atoms with Crippen molar-refractivity contribution in [1.29, 1.82) is 0 Å². The maximum atomic E-state index is 13.3. The molecule has 1 aliphatic heterocycles. The molecule has 1 saturated carbocycles. The molecule has 0 saturated heterocycles. The Morgan fingerprint density at radius 3 is 2.10 bits per heavy atom. The average Bonchev–Trinajstić information content (AvgIpc) is 3.34. The van der Waals surface area contributed by atoms with Crippen LogP contribution in [-0.2, 0) is 20.7 Å². The van der Waals surface area contributed by atoms with Crippen molar-refractivity contribution in [1.82, 2.24) is 0 Å². The number of aliphatic hydroxyl groups is 2. The summed E-state index contributed by atoms with van der Waals surface area (Å²) >= 11 is 0. The van der Waals surface area contributed by atoms with Crippen LogP contribution < -0.4 is 23.7 Å². The Morgan fingerprint density at radius 2 is 1.51 bits per heavy atom. The first kappa shape index (κ1) is 26.5. The van der Waals surface area contributed by atoms with Gasteiger partial charge in [0.1, 0.15) is 29.1 Å². The Kier molecular flexibility index (Phi) is 6.48. The van der Waals surface area contributed by atoms with Gasteiger partial charge in [0.2, 0.25) is 0 Å². The second-order valence-electron chi connectivity index (χ2n) is 9.44. The summed E-state index contributed by atoms with van der Waals surface area (Å²) in [6, 6.07) is 14.5. The van der Waals surface area contributed by atoms with Crippen molar-refractivity contribution in [3.8, 4) is 34.5 Å². The number of ether oxygens (including phenoxy) is 6. The molecule has 0 unspecified atom stereocenters. The lowest BCUT2D eigenvalue weighted by atomic mass is 9.70. The molecular formula is C29H30O10. The van der Waals surface area contributed by atoms with Gasteiger partial charge >= 0.3 is 5.97 Å². The van der Waals surface area contributed by atoms with Gasteiger partial charge in [-0.2, -0.15) is 0 Å². The Balaban J connectivity index is 1.89. The van der Waals surface area contributed by atoms with E-state index in [1.807, 2.05) is 0 Å². The third-order valence-corrected chi connectivity index (χ3v) is 7.83. The van der Waals surface area contributed by atoms with Crippen LogP contribution in [0.3, 0.4) is 0 Å². The Bertz CT molecular complexity index is 1400. The number of aliphatic hydroxyl groups excluding tert-OH is 1. The highest BCUT2D eigenvalue weighted by molar-refractivity contribution is 5.78. The molecule has 1 heterocycles. The molecule has 0 radical (unpaired) electrons. The van der Waals surface area contributed by atoms with Gasteiger partial charge in [-0.25, -0.2) is 0 Å². The molecule has 3 aromatic carbocycles. The SMILES string of the molecule is COC(=O)[C@@H]1[C@@H](O)[C@@]2(O)c3c(OC)cc(OC)cc3O[C@@]2(c2ccc(OC)cc2)[C@H]1c1ccc(O)c(OC)c1. The number of rotatable bonds is 7. The number of fused-ring (bicyclic) bond motifs is 3. The van der Waals surface area contributed by atoms with Gasteiger partial charge < -0.3 is 43.7 Å². The fourth-order valence-corrected chi connectivity index (χ4v) is 6.13. The van der Waals surface area contributed by atoms with Crippen LogP contribution in [0.4, 0.5) is 0 Å². The van der Waals surface area contributed by atoms with Crippen molar-refractivity contribution in [3.05, 3.63) is 71.3 Å². The van der Waals surface area contributed by atoms with Gasteiger partial charge in [-0.15, -0.1) is 0 Å². The molecule has 1 aliphatic carbocycles. The average molecular weight is 539 g/mol. The molecular weight excluding hydrogens is 508 g/mol. The number of hydrogen-bond donors (Lipinski definition) is 3. The molecule has 5 atom stereocenters. The van der Waals surface area contributed by atoms with Crippen molar-refractivity contribution in [2.45, 2.75) is 23.2 Å². The van der Waals surface area contributed by atoms with Gasteiger partial charge in [0.15, 0.2) is 22.7 Å². The summed E-state index contributed by atoms with van der Waals surface area (Å²) in [6.45, 7) is 0. The third kappa shape index (κ3) is 3.51. The van der Waals surface area contributed by atoms with E-state index in [0.717, 1.165) is 0 Å². The molecule has 39 heavy (non-hydrogen) atoms. The van der Waals surface area contributed by atoms with Crippen LogP contribution in [0.15, 0.2) is 54.6 Å². The van der Waals surface area contributed by atoms with Gasteiger partial charge in [0.25, 0.3) is 0 Å². The number of carbonyl (C=O) groups is 1. The highest BCUT2D eigenvalue weighted by Gasteiger charge is 2.78. The molecule has 10 heteroatoms. The highest BCUT2D eigenvalue weighted by atomic mass is 16.6. The molecule has 3 aromatic rings. The molecule has 0 amide bonds. The minimum atomic E-state index is -2.21. The minimum absolute atomic E-state index is 0.120. The zero-order valence-electron chi connectivity index (χ0n) is 22.1. The Labute approximate surface area is 225 Å². The second-order valence-corrected chi connectivity index (χ2v) is 9.44. The molecule has 0 aromatic heterocycles. The minimum Gasteiger partial charge on any atom is -0.504 e. The number of carbonyl (C=O) groups excluding carboxylic acids is 1. The highest BCUT2D eigenvalue weighted by Crippen LogP contribution is 2.70. The molecule has 2 aliphatic rings. The second kappa shape index (κ2) is 9.55. The zero-order chi connectivity index (χ0) is 28.1. The van der Waals surface area contributed by atoms with Crippen molar-refractivity contribution in [2.75, 3.05) is 35.5 Å². The first-order valence-corrected chi connectivity index (χ1v) is 12.2. The Hall–Kier alpha value is -4.15. The summed E-state index contributed by atoms with van der Waals surface area (Å²) < 4.78 is 33.6. The summed E-state index contributed by atoms with van der Waals surface area (Å²) in [5, 5.41) is 35.0. The van der Waals surface area contributed by atoms with E-state index < -0.39 is 35.1 Å². The zero-order valence-corrected chi connectivity index (χ0v) is 22.1. The van der Waals surface area contributed by atoms with E-state index in [2.05, 4.69) is 0 Å². The summed E-state index contributed by atoms with van der Waals surface area (Å²) in [4.78, 5) is 13.3. The van der Waals surface area contributed by atoms with Gasteiger partial charge in [-0.3, -0.25) is 4.79 Å². The number of aromatic hydroxyl groups is 1. The van der Waals surface area contributed by atoms with Crippen LogP contribution in [0.5, 0.6) is 34.5 Å². The van der Waals surface area contributed by atoms with E-state index in [9.17, 15) is 20.1 Å². The molecule has 0 bridgehead atoms. The maximum absolute atomic E-state index is 13.3. The van der Waals surface area contributed by atoms with E-state index in [0.29, 0.717) is 22.6 Å². The summed E-state index contributed by atoms with van der Waals surface area (Å²) in [5.41, 5.74) is -2.92. The lowest BCUT2D eigenvalue weighted by Gasteiger charge is -2.40. The van der Waals surface area contributed by atoms with Gasteiger partial charge in [0, 0.05) is 18.1 Å². The quantitative estimate of drug-likeness (QED) is 0.386. The molecule has 0 spiro atoms. The predicted octanol–water partition coefficient (Wildman–Crippen LogP) is 2.85. The lowest BCUT2D eigenvalue weighted by Crippen LogP contribution is -2.52. The molecule has 10 nitrogen and oxygen atoms in total. The number of esters is 1. The standard InChI is InChI=1S/C29H30O10/c1-34-17-9-7-16(8-10-17)29-24(15-6-11-19(30)20(12-15)36-3)23(27(32)38-5)26(31)28(29,33)25-21(37-4)13-18(35-2)14-22(25)39-29/h6-14,23-24,26,30-31,33H,1-5H3/t23-,24-,26+,28-,29-/m0/s1. The van der Waals surface area contributed by atoms with Crippen molar-refractivity contribution >= 4 is 5.97 Å². The van der Waals surface area contributed by atoms with Gasteiger partial charge in [-0.1, -0.05) is 18.2 Å². The molecule has 3 N–H and O–H groups in total. The van der Waals surface area contributed by atoms with Gasteiger partial charge in [-0.05, 0) is 35.4 Å². The number of methoxy groups -OCH3 is 5. The van der Waals surface area contributed by atoms with Crippen LogP contribution in [0.25, 0.3) is 0 Å². The van der Waals surface area contributed by atoms with Crippen LogP contribution in [0.1, 0.15) is 22.6 Å². The Morgan fingerprint density at radius 1 is 0.846 bits per heavy atom. The van der Waals surface area contributed by atoms with Crippen LogP contribution >= 0.6 is 0 Å². The van der Waals surface area contributed by atoms with Crippen molar-refractivity contribution in [3.63, 3.8) is 0 Å². The van der Waals surface area contributed by atoms with Crippen molar-refractivity contribution in [2.24, 2.45) is 5.92 Å².